The van der Waals surface area contributed by atoms with E-state index in [0.29, 0.717) is 11.8 Å². The molecule has 2 aromatic rings. The normalized spacial score (nSPS) is 20.9. The third-order valence-corrected chi connectivity index (χ3v) is 4.57. The standard InChI is InChI=1S/C14H17N3O/c18-13-8-11(9-3-1-4-9)7-12-15-14(16-17(12)13)10-5-2-6-10/h7-10H,1-6H2,(H,15,16). The fourth-order valence-electron chi connectivity index (χ4n) is 2.87. The van der Waals surface area contributed by atoms with Crippen LogP contribution in [0.15, 0.2) is 16.9 Å². The predicted octanol–water partition coefficient (Wildman–Crippen LogP) is 2.56. The maximum Gasteiger partial charge on any atom is 0.271 e. The summed E-state index contributed by atoms with van der Waals surface area (Å²) >= 11 is 0. The van der Waals surface area contributed by atoms with Crippen molar-refractivity contribution >= 4 is 5.65 Å². The minimum absolute atomic E-state index is 0.0347. The van der Waals surface area contributed by atoms with Crippen molar-refractivity contribution in [3.63, 3.8) is 0 Å². The van der Waals surface area contributed by atoms with Gasteiger partial charge in [-0.3, -0.25) is 9.89 Å². The monoisotopic (exact) mass is 243 g/mol. The van der Waals surface area contributed by atoms with Crippen LogP contribution in [-0.4, -0.2) is 14.6 Å². The van der Waals surface area contributed by atoms with Gasteiger partial charge in [-0.2, -0.15) is 0 Å². The van der Waals surface area contributed by atoms with Gasteiger partial charge >= 0.3 is 0 Å². The average molecular weight is 243 g/mol. The quantitative estimate of drug-likeness (QED) is 0.881. The molecule has 1 N–H and O–H groups in total. The lowest BCUT2D eigenvalue weighted by Gasteiger charge is -2.25. The molecule has 0 atom stereocenters. The smallest absolute Gasteiger partial charge is 0.271 e. The third-order valence-electron chi connectivity index (χ3n) is 4.57. The molecule has 4 rings (SSSR count). The number of nitrogens with zero attached hydrogens (tertiary/aromatic N) is 2. The molecule has 4 nitrogen and oxygen atoms in total. The molecule has 2 aromatic heterocycles. The van der Waals surface area contributed by atoms with Gasteiger partial charge in [0, 0.05) is 12.0 Å². The van der Waals surface area contributed by atoms with Crippen molar-refractivity contribution < 1.29 is 0 Å². The highest BCUT2D eigenvalue weighted by Crippen LogP contribution is 2.37. The first-order chi connectivity index (χ1) is 8.81. The topological polar surface area (TPSA) is 50.2 Å². The molecule has 0 aliphatic heterocycles. The van der Waals surface area contributed by atoms with Gasteiger partial charge in [0.05, 0.1) is 0 Å². The van der Waals surface area contributed by atoms with Crippen molar-refractivity contribution in [1.82, 2.24) is 14.6 Å². The molecular weight excluding hydrogens is 226 g/mol. The zero-order chi connectivity index (χ0) is 12.1. The van der Waals surface area contributed by atoms with Crippen molar-refractivity contribution in [1.29, 1.82) is 0 Å². The van der Waals surface area contributed by atoms with E-state index in [1.807, 2.05) is 0 Å². The fourth-order valence-corrected chi connectivity index (χ4v) is 2.87. The summed E-state index contributed by atoms with van der Waals surface area (Å²) in [5, 5.41) is 3.16. The lowest BCUT2D eigenvalue weighted by Crippen LogP contribution is -2.18. The van der Waals surface area contributed by atoms with Crippen LogP contribution in [0.2, 0.25) is 0 Å². The Kier molecular flexibility index (Phi) is 2.13. The molecule has 2 saturated carbocycles. The zero-order valence-corrected chi connectivity index (χ0v) is 10.4. The van der Waals surface area contributed by atoms with Crippen molar-refractivity contribution in [2.75, 3.05) is 0 Å². The Morgan fingerprint density at radius 3 is 2.44 bits per heavy atom. The maximum absolute atomic E-state index is 12.1. The number of H-pyrrole nitrogens is 1. The van der Waals surface area contributed by atoms with E-state index in [0.717, 1.165) is 11.5 Å². The minimum atomic E-state index is 0.0347. The maximum atomic E-state index is 12.1. The van der Waals surface area contributed by atoms with Crippen molar-refractivity contribution in [2.24, 2.45) is 0 Å². The molecule has 18 heavy (non-hydrogen) atoms. The summed E-state index contributed by atoms with van der Waals surface area (Å²) in [7, 11) is 0. The summed E-state index contributed by atoms with van der Waals surface area (Å²) in [6.07, 6.45) is 7.40. The summed E-state index contributed by atoms with van der Waals surface area (Å²) in [5.41, 5.74) is 2.01. The second kappa shape index (κ2) is 3.70. The molecule has 0 bridgehead atoms. The molecule has 0 radical (unpaired) electrons. The molecule has 2 fully saturated rings. The number of pyridine rings is 1. The lowest BCUT2D eigenvalue weighted by molar-refractivity contribution is 0.401. The number of fused-ring (bicyclic) bond motifs is 1. The van der Waals surface area contributed by atoms with Crippen LogP contribution in [0.3, 0.4) is 0 Å². The van der Waals surface area contributed by atoms with Crippen molar-refractivity contribution in [2.45, 2.75) is 50.4 Å². The van der Waals surface area contributed by atoms with E-state index in [1.165, 1.54) is 44.1 Å². The van der Waals surface area contributed by atoms with E-state index >= 15 is 0 Å². The van der Waals surface area contributed by atoms with Crippen LogP contribution in [0.25, 0.3) is 5.65 Å². The summed E-state index contributed by atoms with van der Waals surface area (Å²) in [6, 6.07) is 3.86. The number of aromatic nitrogens is 3. The lowest BCUT2D eigenvalue weighted by atomic mass is 9.80. The molecule has 2 aliphatic rings. The van der Waals surface area contributed by atoms with Gasteiger partial charge < -0.3 is 0 Å². The average Bonchev–Trinajstić information content (AvgIpc) is 2.56. The Hall–Kier alpha value is -1.58. The van der Waals surface area contributed by atoms with E-state index in [4.69, 9.17) is 0 Å². The first kappa shape index (κ1) is 10.4. The summed E-state index contributed by atoms with van der Waals surface area (Å²) in [5.74, 6) is 2.12. The molecule has 2 aliphatic carbocycles. The summed E-state index contributed by atoms with van der Waals surface area (Å²) in [6.45, 7) is 0. The van der Waals surface area contributed by atoms with Gasteiger partial charge in [-0.05, 0) is 43.2 Å². The summed E-state index contributed by atoms with van der Waals surface area (Å²) in [4.78, 5) is 16.7. The largest absolute Gasteiger partial charge is 0.276 e. The molecule has 0 spiro atoms. The van der Waals surface area contributed by atoms with E-state index in [1.54, 1.807) is 10.6 Å². The van der Waals surface area contributed by atoms with Crippen molar-refractivity contribution in [3.05, 3.63) is 33.9 Å². The fraction of sp³-hybridized carbons (Fsp3) is 0.571. The Balaban J connectivity index is 1.81. The SMILES string of the molecule is O=c1cc(C2CCC2)cc2nc(C3CCC3)[nH]n12. The number of nitrogens with one attached hydrogen (secondary N) is 1. The Bertz CT molecular complexity index is 647. The molecule has 4 heteroatoms. The van der Waals surface area contributed by atoms with Gasteiger partial charge in [0.25, 0.3) is 5.56 Å². The van der Waals surface area contributed by atoms with Crippen LogP contribution in [-0.2, 0) is 0 Å². The molecule has 94 valence electrons. The second-order valence-electron chi connectivity index (χ2n) is 5.69. The molecule has 2 heterocycles. The van der Waals surface area contributed by atoms with Crippen LogP contribution in [0.1, 0.15) is 61.7 Å². The van der Waals surface area contributed by atoms with Gasteiger partial charge in [0.1, 0.15) is 5.82 Å². The van der Waals surface area contributed by atoms with Crippen molar-refractivity contribution in [3.8, 4) is 0 Å². The van der Waals surface area contributed by atoms with Gasteiger partial charge in [0.2, 0.25) is 0 Å². The number of aromatic amines is 1. The number of rotatable bonds is 2. The van der Waals surface area contributed by atoms with Crippen LogP contribution in [0, 0.1) is 0 Å². The molecular formula is C14H17N3O. The van der Waals surface area contributed by atoms with Gasteiger partial charge in [-0.1, -0.05) is 12.8 Å². The second-order valence-corrected chi connectivity index (χ2v) is 5.69. The van der Waals surface area contributed by atoms with Crippen LogP contribution in [0.4, 0.5) is 0 Å². The number of hydrogen-bond acceptors (Lipinski definition) is 2. The van der Waals surface area contributed by atoms with E-state index in [9.17, 15) is 4.79 Å². The van der Waals surface area contributed by atoms with Crippen LogP contribution >= 0.6 is 0 Å². The molecule has 0 aromatic carbocycles. The highest BCUT2D eigenvalue weighted by Gasteiger charge is 2.24. The van der Waals surface area contributed by atoms with Gasteiger partial charge in [-0.15, -0.1) is 0 Å². The highest BCUT2D eigenvalue weighted by atomic mass is 16.1. The molecule has 0 unspecified atom stereocenters. The van der Waals surface area contributed by atoms with Gasteiger partial charge in [-0.25, -0.2) is 9.50 Å². The Morgan fingerprint density at radius 2 is 1.83 bits per heavy atom. The van der Waals surface area contributed by atoms with E-state index in [2.05, 4.69) is 16.1 Å². The van der Waals surface area contributed by atoms with Gasteiger partial charge in [0.15, 0.2) is 5.65 Å². The van der Waals surface area contributed by atoms with Crippen LogP contribution in [0.5, 0.6) is 0 Å². The number of hydrogen-bond donors (Lipinski definition) is 1. The minimum Gasteiger partial charge on any atom is -0.276 e. The first-order valence-electron chi connectivity index (χ1n) is 6.94. The Morgan fingerprint density at radius 1 is 1.11 bits per heavy atom. The first-order valence-corrected chi connectivity index (χ1v) is 6.94. The molecule has 0 amide bonds. The predicted molar refractivity (Wildman–Crippen MR) is 69.0 cm³/mol. The third kappa shape index (κ3) is 1.44. The Labute approximate surface area is 105 Å². The van der Waals surface area contributed by atoms with E-state index in [-0.39, 0.29) is 5.56 Å². The van der Waals surface area contributed by atoms with E-state index < -0.39 is 0 Å². The zero-order valence-electron chi connectivity index (χ0n) is 10.4. The highest BCUT2D eigenvalue weighted by molar-refractivity contribution is 5.42. The van der Waals surface area contributed by atoms with Crippen LogP contribution < -0.4 is 5.56 Å². The molecule has 0 saturated heterocycles. The summed E-state index contributed by atoms with van der Waals surface area (Å²) < 4.78 is 1.59.